The zero-order chi connectivity index (χ0) is 13.7. The minimum atomic E-state index is -3.20. The van der Waals surface area contributed by atoms with Crippen LogP contribution in [0.5, 0.6) is 0 Å². The molecule has 1 aliphatic rings. The minimum absolute atomic E-state index is 0.147. The van der Waals surface area contributed by atoms with Gasteiger partial charge < -0.3 is 5.32 Å². The van der Waals surface area contributed by atoms with Crippen molar-refractivity contribution in [3.05, 3.63) is 18.5 Å². The summed E-state index contributed by atoms with van der Waals surface area (Å²) in [5.41, 5.74) is 0. The van der Waals surface area contributed by atoms with Crippen molar-refractivity contribution in [2.24, 2.45) is 5.92 Å². The molecule has 1 aromatic rings. The van der Waals surface area contributed by atoms with Crippen LogP contribution in [-0.4, -0.2) is 43.1 Å². The van der Waals surface area contributed by atoms with Crippen LogP contribution in [0.3, 0.4) is 0 Å². The van der Waals surface area contributed by atoms with Crippen LogP contribution >= 0.6 is 0 Å². The van der Waals surface area contributed by atoms with E-state index in [9.17, 15) is 8.42 Å². The molecule has 19 heavy (non-hydrogen) atoms. The first kappa shape index (κ1) is 14.5. The molecule has 1 fully saturated rings. The molecular formula is C12H22N4O2S. The molecule has 1 aliphatic heterocycles. The predicted molar refractivity (Wildman–Crippen MR) is 74.2 cm³/mol. The largest absolute Gasteiger partial charge is 0.317 e. The van der Waals surface area contributed by atoms with E-state index in [1.165, 1.54) is 0 Å². The van der Waals surface area contributed by atoms with Crippen molar-refractivity contribution >= 4 is 10.0 Å². The van der Waals surface area contributed by atoms with Gasteiger partial charge in [-0.1, -0.05) is 0 Å². The number of hydrogen-bond acceptors (Lipinski definition) is 4. The second-order valence-electron chi connectivity index (χ2n) is 5.22. The molecule has 2 heterocycles. The van der Waals surface area contributed by atoms with Gasteiger partial charge in [-0.25, -0.2) is 13.1 Å². The van der Waals surface area contributed by atoms with Gasteiger partial charge in [0.1, 0.15) is 0 Å². The normalized spacial score (nSPS) is 19.4. The van der Waals surface area contributed by atoms with E-state index in [1.54, 1.807) is 10.9 Å². The highest BCUT2D eigenvalue weighted by atomic mass is 32.2. The smallest absolute Gasteiger partial charge is 0.212 e. The SMILES string of the molecule is CC(Cn1cccn1)NS(=O)(=O)CC1CCNCC1. The van der Waals surface area contributed by atoms with Crippen LogP contribution in [-0.2, 0) is 16.6 Å². The maximum atomic E-state index is 12.1. The average Bonchev–Trinajstić information content (AvgIpc) is 2.81. The summed E-state index contributed by atoms with van der Waals surface area (Å²) in [4.78, 5) is 0. The van der Waals surface area contributed by atoms with Gasteiger partial charge in [-0.2, -0.15) is 5.10 Å². The van der Waals surface area contributed by atoms with Crippen molar-refractivity contribution in [1.82, 2.24) is 19.8 Å². The highest BCUT2D eigenvalue weighted by Crippen LogP contribution is 2.13. The summed E-state index contributed by atoms with van der Waals surface area (Å²) in [5, 5.41) is 7.32. The third-order valence-electron chi connectivity index (χ3n) is 3.31. The first-order valence-electron chi connectivity index (χ1n) is 6.73. The van der Waals surface area contributed by atoms with Gasteiger partial charge in [-0.05, 0) is 44.8 Å². The van der Waals surface area contributed by atoms with Gasteiger partial charge in [0, 0.05) is 18.4 Å². The molecule has 0 aliphatic carbocycles. The van der Waals surface area contributed by atoms with Crippen molar-refractivity contribution in [2.45, 2.75) is 32.4 Å². The Kier molecular flexibility index (Phi) is 4.95. The van der Waals surface area contributed by atoms with Crippen LogP contribution < -0.4 is 10.0 Å². The summed E-state index contributed by atoms with van der Waals surface area (Å²) in [5.74, 6) is 0.508. The molecule has 2 N–H and O–H groups in total. The first-order chi connectivity index (χ1) is 9.05. The lowest BCUT2D eigenvalue weighted by Crippen LogP contribution is -2.40. The lowest BCUT2D eigenvalue weighted by molar-refractivity contribution is 0.398. The summed E-state index contributed by atoms with van der Waals surface area (Å²) in [6.07, 6.45) is 5.40. The molecule has 6 nitrogen and oxygen atoms in total. The van der Waals surface area contributed by atoms with Gasteiger partial charge in [0.05, 0.1) is 12.3 Å². The van der Waals surface area contributed by atoms with Gasteiger partial charge in [0.25, 0.3) is 0 Å². The molecule has 1 aromatic heterocycles. The molecule has 0 radical (unpaired) electrons. The van der Waals surface area contributed by atoms with Crippen LogP contribution in [0.15, 0.2) is 18.5 Å². The molecule has 1 unspecified atom stereocenters. The van der Waals surface area contributed by atoms with Gasteiger partial charge >= 0.3 is 0 Å². The molecular weight excluding hydrogens is 264 g/mol. The van der Waals surface area contributed by atoms with Crippen molar-refractivity contribution in [1.29, 1.82) is 0 Å². The Hall–Kier alpha value is -0.920. The molecule has 1 atom stereocenters. The molecule has 108 valence electrons. The summed E-state index contributed by atoms with van der Waals surface area (Å²) in [6.45, 7) is 4.26. The zero-order valence-electron chi connectivity index (χ0n) is 11.2. The summed E-state index contributed by atoms with van der Waals surface area (Å²) in [6, 6.07) is 1.68. The van der Waals surface area contributed by atoms with Crippen molar-refractivity contribution < 1.29 is 8.42 Å². The van der Waals surface area contributed by atoms with E-state index in [0.29, 0.717) is 6.54 Å². The quantitative estimate of drug-likeness (QED) is 0.783. The van der Waals surface area contributed by atoms with Crippen molar-refractivity contribution in [3.8, 4) is 0 Å². The van der Waals surface area contributed by atoms with E-state index in [0.717, 1.165) is 25.9 Å². The maximum Gasteiger partial charge on any atom is 0.212 e. The Labute approximate surface area is 114 Å². The number of sulfonamides is 1. The number of aromatic nitrogens is 2. The van der Waals surface area contributed by atoms with Gasteiger partial charge in [-0.15, -0.1) is 0 Å². The number of rotatable bonds is 6. The Morgan fingerprint density at radius 1 is 1.47 bits per heavy atom. The number of piperidine rings is 1. The molecule has 1 saturated heterocycles. The lowest BCUT2D eigenvalue weighted by atomic mass is 10.0. The Bertz CT molecular complexity index is 466. The second kappa shape index (κ2) is 6.49. The van der Waals surface area contributed by atoms with Gasteiger partial charge in [-0.3, -0.25) is 4.68 Å². The lowest BCUT2D eigenvalue weighted by Gasteiger charge is -2.23. The van der Waals surface area contributed by atoms with Crippen LogP contribution in [0.2, 0.25) is 0 Å². The molecule has 0 aromatic carbocycles. The molecule has 0 bridgehead atoms. The topological polar surface area (TPSA) is 76.0 Å². The standard InChI is InChI=1S/C12H22N4O2S/c1-11(9-16-8-2-5-14-16)15-19(17,18)10-12-3-6-13-7-4-12/h2,5,8,11-13,15H,3-4,6-7,9-10H2,1H3. The fraction of sp³-hybridized carbons (Fsp3) is 0.750. The van der Waals surface area contributed by atoms with Gasteiger partial charge in [0.15, 0.2) is 0 Å². The summed E-state index contributed by atoms with van der Waals surface area (Å²) >= 11 is 0. The predicted octanol–water partition coefficient (Wildman–Crippen LogP) is 0.191. The fourth-order valence-corrected chi connectivity index (χ4v) is 4.18. The van der Waals surface area contributed by atoms with E-state index in [4.69, 9.17) is 0 Å². The Balaban J connectivity index is 1.82. The van der Waals surface area contributed by atoms with E-state index in [1.807, 2.05) is 19.2 Å². The van der Waals surface area contributed by atoms with Crippen molar-refractivity contribution in [3.63, 3.8) is 0 Å². The van der Waals surface area contributed by atoms with E-state index in [2.05, 4.69) is 15.1 Å². The van der Waals surface area contributed by atoms with Gasteiger partial charge in [0.2, 0.25) is 10.0 Å². The summed E-state index contributed by atoms with van der Waals surface area (Å²) < 4.78 is 28.6. The molecule has 0 saturated carbocycles. The molecule has 0 amide bonds. The number of nitrogens with one attached hydrogen (secondary N) is 2. The van der Waals surface area contributed by atoms with E-state index < -0.39 is 10.0 Å². The second-order valence-corrected chi connectivity index (χ2v) is 7.02. The van der Waals surface area contributed by atoms with Crippen LogP contribution in [0.1, 0.15) is 19.8 Å². The van der Waals surface area contributed by atoms with E-state index in [-0.39, 0.29) is 17.7 Å². The van der Waals surface area contributed by atoms with Crippen LogP contribution in [0.25, 0.3) is 0 Å². The monoisotopic (exact) mass is 286 g/mol. The third kappa shape index (κ3) is 4.93. The molecule has 2 rings (SSSR count). The zero-order valence-corrected chi connectivity index (χ0v) is 12.1. The Morgan fingerprint density at radius 2 is 2.21 bits per heavy atom. The minimum Gasteiger partial charge on any atom is -0.317 e. The van der Waals surface area contributed by atoms with Crippen molar-refractivity contribution in [2.75, 3.05) is 18.8 Å². The summed E-state index contributed by atoms with van der Waals surface area (Å²) in [7, 11) is -3.20. The number of hydrogen-bond donors (Lipinski definition) is 2. The highest BCUT2D eigenvalue weighted by Gasteiger charge is 2.22. The maximum absolute atomic E-state index is 12.1. The Morgan fingerprint density at radius 3 is 2.84 bits per heavy atom. The first-order valence-corrected chi connectivity index (χ1v) is 8.38. The molecule has 0 spiro atoms. The van der Waals surface area contributed by atoms with Crippen LogP contribution in [0.4, 0.5) is 0 Å². The van der Waals surface area contributed by atoms with E-state index >= 15 is 0 Å². The highest BCUT2D eigenvalue weighted by molar-refractivity contribution is 7.89. The third-order valence-corrected chi connectivity index (χ3v) is 4.99. The molecule has 7 heteroatoms. The average molecular weight is 286 g/mol. The van der Waals surface area contributed by atoms with Crippen LogP contribution in [0, 0.1) is 5.92 Å². The fourth-order valence-electron chi connectivity index (χ4n) is 2.44. The number of nitrogens with zero attached hydrogens (tertiary/aromatic N) is 2.